The monoisotopic (exact) mass is 306 g/mol. The first-order chi connectivity index (χ1) is 9.66. The van der Waals surface area contributed by atoms with Crippen molar-refractivity contribution in [2.24, 2.45) is 0 Å². The Hall–Kier alpha value is -2.01. The van der Waals surface area contributed by atoms with Crippen LogP contribution in [0, 0.1) is 27.7 Å². The van der Waals surface area contributed by atoms with Crippen LogP contribution >= 0.6 is 0 Å². The fourth-order valence-corrected chi connectivity index (χ4v) is 4.14. The van der Waals surface area contributed by atoms with Crippen LogP contribution in [-0.4, -0.2) is 18.6 Å². The van der Waals surface area contributed by atoms with E-state index in [0.29, 0.717) is 22.3 Å². The number of aromatic hydroxyl groups is 2. The predicted molar refractivity (Wildman–Crippen MR) is 80.6 cm³/mol. The predicted octanol–water partition coefficient (Wildman–Crippen LogP) is 3.16. The van der Waals surface area contributed by atoms with Gasteiger partial charge in [0.2, 0.25) is 9.84 Å². The van der Waals surface area contributed by atoms with E-state index < -0.39 is 9.84 Å². The van der Waals surface area contributed by atoms with Crippen LogP contribution in [0.15, 0.2) is 34.1 Å². The number of phenolic OH excluding ortho intramolecular Hbond substituents is 2. The van der Waals surface area contributed by atoms with E-state index in [1.807, 2.05) is 0 Å². The van der Waals surface area contributed by atoms with Crippen LogP contribution in [0.4, 0.5) is 0 Å². The van der Waals surface area contributed by atoms with Crippen LogP contribution in [0.2, 0.25) is 0 Å². The molecule has 21 heavy (non-hydrogen) atoms. The van der Waals surface area contributed by atoms with Gasteiger partial charge < -0.3 is 10.2 Å². The molecule has 0 aliphatic carbocycles. The van der Waals surface area contributed by atoms with Crippen LogP contribution in [-0.2, 0) is 9.84 Å². The minimum Gasteiger partial charge on any atom is -0.508 e. The second-order valence-corrected chi connectivity index (χ2v) is 7.13. The molecule has 2 aromatic rings. The molecule has 5 heteroatoms. The minimum atomic E-state index is -3.80. The van der Waals surface area contributed by atoms with Gasteiger partial charge in [0.1, 0.15) is 11.5 Å². The van der Waals surface area contributed by atoms with Gasteiger partial charge in [-0.1, -0.05) is 6.07 Å². The largest absolute Gasteiger partial charge is 0.508 e. The van der Waals surface area contributed by atoms with Crippen LogP contribution in [0.5, 0.6) is 11.5 Å². The highest BCUT2D eigenvalue weighted by Crippen LogP contribution is 2.34. The lowest BCUT2D eigenvalue weighted by Crippen LogP contribution is -2.07. The summed E-state index contributed by atoms with van der Waals surface area (Å²) in [6.45, 7) is 6.72. The Balaban J connectivity index is 2.78. The zero-order valence-electron chi connectivity index (χ0n) is 12.4. The fraction of sp³-hybridized carbons (Fsp3) is 0.250. The number of benzene rings is 2. The molecule has 0 spiro atoms. The lowest BCUT2D eigenvalue weighted by molar-refractivity contribution is 0.464. The van der Waals surface area contributed by atoms with Gasteiger partial charge in [-0.15, -0.1) is 0 Å². The summed E-state index contributed by atoms with van der Waals surface area (Å²) in [4.78, 5) is 0.116. The number of phenols is 2. The Bertz CT molecular complexity index is 821. The van der Waals surface area contributed by atoms with Gasteiger partial charge in [-0.3, -0.25) is 0 Å². The van der Waals surface area contributed by atoms with Gasteiger partial charge in [0.15, 0.2) is 0 Å². The highest BCUT2D eigenvalue weighted by Gasteiger charge is 2.25. The van der Waals surface area contributed by atoms with Gasteiger partial charge in [0.05, 0.1) is 9.79 Å². The Kier molecular flexibility index (Phi) is 3.72. The molecule has 112 valence electrons. The second kappa shape index (κ2) is 5.07. The lowest BCUT2D eigenvalue weighted by atomic mass is 10.1. The zero-order valence-corrected chi connectivity index (χ0v) is 13.2. The molecule has 0 saturated carbocycles. The summed E-state index contributed by atoms with van der Waals surface area (Å²) >= 11 is 0. The summed E-state index contributed by atoms with van der Waals surface area (Å²) in [5.41, 5.74) is 2.22. The Morgan fingerprint density at radius 3 is 2.05 bits per heavy atom. The first-order valence-electron chi connectivity index (χ1n) is 6.50. The molecule has 0 fully saturated rings. The maximum Gasteiger partial charge on any atom is 0.207 e. The maximum atomic E-state index is 12.8. The van der Waals surface area contributed by atoms with Crippen molar-refractivity contribution in [1.29, 1.82) is 0 Å². The topological polar surface area (TPSA) is 74.6 Å². The molecule has 0 unspecified atom stereocenters. The molecule has 2 aromatic carbocycles. The second-order valence-electron chi connectivity index (χ2n) is 5.24. The molecule has 0 aliphatic heterocycles. The molecule has 0 saturated heterocycles. The van der Waals surface area contributed by atoms with E-state index in [-0.39, 0.29) is 21.3 Å². The summed E-state index contributed by atoms with van der Waals surface area (Å²) in [5, 5.41) is 19.6. The summed E-state index contributed by atoms with van der Waals surface area (Å²) < 4.78 is 25.6. The summed E-state index contributed by atoms with van der Waals surface area (Å²) in [7, 11) is -3.80. The number of hydrogen-bond acceptors (Lipinski definition) is 4. The van der Waals surface area contributed by atoms with Crippen molar-refractivity contribution in [3.05, 3.63) is 46.5 Å². The minimum absolute atomic E-state index is 0.0226. The maximum absolute atomic E-state index is 12.8. The molecule has 0 bridgehead atoms. The lowest BCUT2D eigenvalue weighted by Gasteiger charge is -2.14. The summed E-state index contributed by atoms with van der Waals surface area (Å²) in [6.07, 6.45) is 0. The van der Waals surface area contributed by atoms with Crippen LogP contribution in [0.3, 0.4) is 0 Å². The SMILES string of the molecule is Cc1cc(O)cc(S(=O)(=O)c2ccc(C)c(O)c2C)c1C. The van der Waals surface area contributed by atoms with E-state index in [1.165, 1.54) is 18.2 Å². The normalized spacial score (nSPS) is 11.6. The van der Waals surface area contributed by atoms with Crippen LogP contribution in [0.1, 0.15) is 22.3 Å². The molecule has 2 rings (SSSR count). The van der Waals surface area contributed by atoms with Crippen molar-refractivity contribution < 1.29 is 18.6 Å². The molecular formula is C16H18O4S. The van der Waals surface area contributed by atoms with Gasteiger partial charge in [-0.2, -0.15) is 0 Å². The van der Waals surface area contributed by atoms with Crippen molar-refractivity contribution in [2.75, 3.05) is 0 Å². The van der Waals surface area contributed by atoms with Gasteiger partial charge >= 0.3 is 0 Å². The summed E-state index contributed by atoms with van der Waals surface area (Å²) in [5.74, 6) is -0.115. The average Bonchev–Trinajstić information content (AvgIpc) is 2.39. The zero-order chi connectivity index (χ0) is 15.9. The number of sulfone groups is 1. The van der Waals surface area contributed by atoms with E-state index in [9.17, 15) is 18.6 Å². The van der Waals surface area contributed by atoms with Crippen molar-refractivity contribution in [1.82, 2.24) is 0 Å². The van der Waals surface area contributed by atoms with Crippen LogP contribution < -0.4 is 0 Å². The number of aryl methyl sites for hydroxylation is 2. The molecule has 0 atom stereocenters. The third kappa shape index (κ3) is 2.49. The molecule has 0 radical (unpaired) electrons. The van der Waals surface area contributed by atoms with E-state index in [1.54, 1.807) is 33.8 Å². The van der Waals surface area contributed by atoms with Crippen LogP contribution in [0.25, 0.3) is 0 Å². The highest BCUT2D eigenvalue weighted by atomic mass is 32.2. The van der Waals surface area contributed by atoms with Crippen molar-refractivity contribution in [3.8, 4) is 11.5 Å². The van der Waals surface area contributed by atoms with Crippen molar-refractivity contribution in [3.63, 3.8) is 0 Å². The van der Waals surface area contributed by atoms with Gasteiger partial charge in [-0.05, 0) is 62.6 Å². The van der Waals surface area contributed by atoms with Crippen molar-refractivity contribution in [2.45, 2.75) is 37.5 Å². The van der Waals surface area contributed by atoms with Gasteiger partial charge in [0, 0.05) is 5.56 Å². The Morgan fingerprint density at radius 1 is 0.810 bits per heavy atom. The quantitative estimate of drug-likeness (QED) is 0.893. The number of rotatable bonds is 2. The summed E-state index contributed by atoms with van der Waals surface area (Å²) in [6, 6.07) is 5.82. The smallest absolute Gasteiger partial charge is 0.207 e. The molecular weight excluding hydrogens is 288 g/mol. The fourth-order valence-electron chi connectivity index (χ4n) is 2.31. The van der Waals surface area contributed by atoms with Crippen molar-refractivity contribution >= 4 is 9.84 Å². The first kappa shape index (κ1) is 15.4. The van der Waals surface area contributed by atoms with E-state index in [0.717, 1.165) is 0 Å². The van der Waals surface area contributed by atoms with E-state index in [2.05, 4.69) is 0 Å². The Morgan fingerprint density at radius 2 is 1.43 bits per heavy atom. The average molecular weight is 306 g/mol. The third-order valence-corrected chi connectivity index (χ3v) is 5.79. The highest BCUT2D eigenvalue weighted by molar-refractivity contribution is 7.91. The standard InChI is InChI=1S/C16H18O4S/c1-9-5-6-14(12(4)16(9)18)21(19,20)15-8-13(17)7-10(2)11(15)3/h5-8,17-18H,1-4H3. The number of hydrogen-bond donors (Lipinski definition) is 2. The third-order valence-electron chi connectivity index (χ3n) is 3.77. The molecule has 0 heterocycles. The molecule has 0 amide bonds. The van der Waals surface area contributed by atoms with Gasteiger partial charge in [0.25, 0.3) is 0 Å². The van der Waals surface area contributed by atoms with Gasteiger partial charge in [-0.25, -0.2) is 8.42 Å². The molecule has 0 aliphatic rings. The first-order valence-corrected chi connectivity index (χ1v) is 7.99. The molecule has 4 nitrogen and oxygen atoms in total. The molecule has 2 N–H and O–H groups in total. The Labute approximate surface area is 124 Å². The molecule has 0 aromatic heterocycles. The van der Waals surface area contributed by atoms with E-state index in [4.69, 9.17) is 0 Å². The van der Waals surface area contributed by atoms with E-state index >= 15 is 0 Å².